The van der Waals surface area contributed by atoms with Gasteiger partial charge in [-0.3, -0.25) is 14.4 Å². The molecule has 0 bridgehead atoms. The highest BCUT2D eigenvalue weighted by Crippen LogP contribution is 1.91. The van der Waals surface area contributed by atoms with Crippen LogP contribution in [0.2, 0.25) is 0 Å². The van der Waals surface area contributed by atoms with Crippen LogP contribution in [0.5, 0.6) is 0 Å². The van der Waals surface area contributed by atoms with Gasteiger partial charge in [-0.15, -0.1) is 5.10 Å². The summed E-state index contributed by atoms with van der Waals surface area (Å²) < 4.78 is 1.66. The fourth-order valence-corrected chi connectivity index (χ4v) is 1.94. The Morgan fingerprint density at radius 3 is 2.89 bits per heavy atom. The fraction of sp³-hybridized carbons (Fsp3) is 0.727. The van der Waals surface area contributed by atoms with Crippen molar-refractivity contribution in [1.29, 1.82) is 0 Å². The second kappa shape index (κ2) is 7.07. The van der Waals surface area contributed by atoms with E-state index in [1.807, 2.05) is 0 Å². The summed E-state index contributed by atoms with van der Waals surface area (Å²) in [5, 5.41) is 13.7. The topological polar surface area (TPSA) is 75.1 Å². The van der Waals surface area contributed by atoms with Gasteiger partial charge < -0.3 is 10.6 Å². The molecule has 0 saturated carbocycles. The maximum absolute atomic E-state index is 11.6. The first-order valence-corrected chi connectivity index (χ1v) is 6.38. The Morgan fingerprint density at radius 2 is 2.17 bits per heavy atom. The average molecular weight is 252 g/mol. The van der Waals surface area contributed by atoms with Gasteiger partial charge in [-0.1, -0.05) is 5.21 Å². The Hall–Kier alpha value is -1.47. The van der Waals surface area contributed by atoms with Crippen molar-refractivity contribution in [2.75, 3.05) is 39.3 Å². The summed E-state index contributed by atoms with van der Waals surface area (Å²) in [5.74, 6) is 0.0700. The van der Waals surface area contributed by atoms with E-state index in [9.17, 15) is 4.79 Å². The molecule has 1 aromatic rings. The number of aromatic nitrogens is 3. The van der Waals surface area contributed by atoms with E-state index >= 15 is 0 Å². The minimum atomic E-state index is 0.0700. The van der Waals surface area contributed by atoms with Gasteiger partial charge in [-0.05, 0) is 0 Å². The first kappa shape index (κ1) is 13.0. The molecule has 1 aromatic heterocycles. The molecule has 0 aromatic carbocycles. The van der Waals surface area contributed by atoms with Gasteiger partial charge in [0.2, 0.25) is 5.91 Å². The largest absolute Gasteiger partial charge is 0.355 e. The second-order valence-electron chi connectivity index (χ2n) is 4.36. The SMILES string of the molecule is O=C(CCn1ccnn1)NCCN1CCNCC1. The summed E-state index contributed by atoms with van der Waals surface area (Å²) in [6.07, 6.45) is 3.82. The van der Waals surface area contributed by atoms with Crippen LogP contribution < -0.4 is 10.6 Å². The first-order valence-electron chi connectivity index (χ1n) is 6.38. The van der Waals surface area contributed by atoms with Gasteiger partial charge in [-0.25, -0.2) is 0 Å². The molecular formula is C11H20N6O. The van der Waals surface area contributed by atoms with E-state index in [1.54, 1.807) is 17.1 Å². The molecule has 1 aliphatic rings. The number of hydrogen-bond acceptors (Lipinski definition) is 5. The molecule has 0 spiro atoms. The zero-order valence-corrected chi connectivity index (χ0v) is 10.5. The van der Waals surface area contributed by atoms with Crippen molar-refractivity contribution >= 4 is 5.91 Å². The number of carbonyl (C=O) groups excluding carboxylic acids is 1. The van der Waals surface area contributed by atoms with Crippen molar-refractivity contribution in [3.05, 3.63) is 12.4 Å². The molecule has 1 fully saturated rings. The molecule has 18 heavy (non-hydrogen) atoms. The van der Waals surface area contributed by atoms with Gasteiger partial charge in [0.25, 0.3) is 0 Å². The molecule has 100 valence electrons. The summed E-state index contributed by atoms with van der Waals surface area (Å²) in [6.45, 7) is 6.44. The Labute approximate surface area is 107 Å². The van der Waals surface area contributed by atoms with Crippen LogP contribution in [0.15, 0.2) is 12.4 Å². The summed E-state index contributed by atoms with van der Waals surface area (Å²) in [7, 11) is 0. The van der Waals surface area contributed by atoms with Crippen molar-refractivity contribution in [1.82, 2.24) is 30.5 Å². The molecule has 1 aliphatic heterocycles. The Morgan fingerprint density at radius 1 is 1.33 bits per heavy atom. The van der Waals surface area contributed by atoms with Crippen molar-refractivity contribution in [3.63, 3.8) is 0 Å². The number of hydrogen-bond donors (Lipinski definition) is 2. The minimum absolute atomic E-state index is 0.0700. The van der Waals surface area contributed by atoms with Crippen LogP contribution in [0.3, 0.4) is 0 Å². The lowest BCUT2D eigenvalue weighted by atomic mass is 10.3. The van der Waals surface area contributed by atoms with Crippen molar-refractivity contribution in [2.24, 2.45) is 0 Å². The number of rotatable bonds is 6. The second-order valence-corrected chi connectivity index (χ2v) is 4.36. The molecule has 0 unspecified atom stereocenters. The van der Waals surface area contributed by atoms with Crippen molar-refractivity contribution in [2.45, 2.75) is 13.0 Å². The smallest absolute Gasteiger partial charge is 0.221 e. The van der Waals surface area contributed by atoms with Gasteiger partial charge in [0.05, 0.1) is 12.7 Å². The van der Waals surface area contributed by atoms with E-state index in [2.05, 4.69) is 25.8 Å². The Balaban J connectivity index is 1.54. The van der Waals surface area contributed by atoms with E-state index in [0.717, 1.165) is 39.3 Å². The number of nitrogens with zero attached hydrogens (tertiary/aromatic N) is 4. The molecule has 7 nitrogen and oxygen atoms in total. The van der Waals surface area contributed by atoms with Crippen LogP contribution in [0.4, 0.5) is 0 Å². The summed E-state index contributed by atoms with van der Waals surface area (Å²) in [5.41, 5.74) is 0. The molecule has 2 N–H and O–H groups in total. The number of amides is 1. The number of piperazine rings is 1. The summed E-state index contributed by atoms with van der Waals surface area (Å²) in [6, 6.07) is 0. The minimum Gasteiger partial charge on any atom is -0.355 e. The normalized spacial score (nSPS) is 16.7. The molecule has 2 heterocycles. The van der Waals surface area contributed by atoms with Crippen LogP contribution in [-0.4, -0.2) is 65.1 Å². The Bertz CT molecular complexity index is 346. The summed E-state index contributed by atoms with van der Waals surface area (Å²) >= 11 is 0. The number of aryl methyl sites for hydroxylation is 1. The highest BCUT2D eigenvalue weighted by molar-refractivity contribution is 5.75. The fourth-order valence-electron chi connectivity index (χ4n) is 1.94. The quantitative estimate of drug-likeness (QED) is 0.657. The maximum atomic E-state index is 11.6. The zero-order chi connectivity index (χ0) is 12.6. The molecule has 1 saturated heterocycles. The third kappa shape index (κ3) is 4.42. The lowest BCUT2D eigenvalue weighted by molar-refractivity contribution is -0.121. The molecule has 0 aliphatic carbocycles. The monoisotopic (exact) mass is 252 g/mol. The standard InChI is InChI=1S/C11H20N6O/c18-11(1-6-17-10-5-14-15-17)13-4-9-16-7-2-12-3-8-16/h5,10,12H,1-4,6-9H2,(H,13,18). The number of nitrogens with one attached hydrogen (secondary N) is 2. The van der Waals surface area contributed by atoms with Crippen LogP contribution in [0.1, 0.15) is 6.42 Å². The lowest BCUT2D eigenvalue weighted by Gasteiger charge is -2.27. The zero-order valence-electron chi connectivity index (χ0n) is 10.5. The van der Waals surface area contributed by atoms with Crippen LogP contribution in [0, 0.1) is 0 Å². The van der Waals surface area contributed by atoms with Crippen molar-refractivity contribution in [3.8, 4) is 0 Å². The van der Waals surface area contributed by atoms with E-state index in [1.165, 1.54) is 0 Å². The summed E-state index contributed by atoms with van der Waals surface area (Å²) in [4.78, 5) is 13.9. The third-order valence-electron chi connectivity index (χ3n) is 3.00. The highest BCUT2D eigenvalue weighted by Gasteiger charge is 2.09. The highest BCUT2D eigenvalue weighted by atomic mass is 16.1. The van der Waals surface area contributed by atoms with E-state index in [0.29, 0.717) is 13.0 Å². The van der Waals surface area contributed by atoms with Crippen LogP contribution in [0.25, 0.3) is 0 Å². The number of carbonyl (C=O) groups is 1. The van der Waals surface area contributed by atoms with Crippen molar-refractivity contribution < 1.29 is 4.79 Å². The average Bonchev–Trinajstić information content (AvgIpc) is 2.91. The molecule has 2 rings (SSSR count). The third-order valence-corrected chi connectivity index (χ3v) is 3.00. The van der Waals surface area contributed by atoms with Crippen LogP contribution in [-0.2, 0) is 11.3 Å². The predicted octanol–water partition coefficient (Wildman–Crippen LogP) is -1.31. The van der Waals surface area contributed by atoms with E-state index < -0.39 is 0 Å². The molecule has 0 radical (unpaired) electrons. The van der Waals surface area contributed by atoms with E-state index in [4.69, 9.17) is 0 Å². The van der Waals surface area contributed by atoms with Crippen LogP contribution >= 0.6 is 0 Å². The molecular weight excluding hydrogens is 232 g/mol. The van der Waals surface area contributed by atoms with Gasteiger partial charge in [0.15, 0.2) is 0 Å². The van der Waals surface area contributed by atoms with Gasteiger partial charge in [0.1, 0.15) is 0 Å². The molecule has 7 heteroatoms. The Kier molecular flexibility index (Phi) is 5.10. The first-order chi connectivity index (χ1) is 8.84. The van der Waals surface area contributed by atoms with Gasteiger partial charge in [-0.2, -0.15) is 0 Å². The molecule has 1 amide bonds. The van der Waals surface area contributed by atoms with E-state index in [-0.39, 0.29) is 5.91 Å². The maximum Gasteiger partial charge on any atom is 0.221 e. The lowest BCUT2D eigenvalue weighted by Crippen LogP contribution is -2.46. The molecule has 0 atom stereocenters. The van der Waals surface area contributed by atoms with Gasteiger partial charge in [0, 0.05) is 51.9 Å². The predicted molar refractivity (Wildman–Crippen MR) is 67.0 cm³/mol. The van der Waals surface area contributed by atoms with Gasteiger partial charge >= 0.3 is 0 Å².